The summed E-state index contributed by atoms with van der Waals surface area (Å²) in [7, 11) is 2.92. The highest BCUT2D eigenvalue weighted by Gasteiger charge is 2.18. The van der Waals surface area contributed by atoms with Gasteiger partial charge in [-0.2, -0.15) is 0 Å². The zero-order valence-corrected chi connectivity index (χ0v) is 16.8. The zero-order valence-electron chi connectivity index (χ0n) is 15.2. The van der Waals surface area contributed by atoms with E-state index in [9.17, 15) is 14.7 Å². The van der Waals surface area contributed by atoms with Crippen LogP contribution in [0.1, 0.15) is 5.56 Å². The van der Waals surface area contributed by atoms with Crippen LogP contribution in [-0.4, -0.2) is 35.1 Å². The molecule has 0 bridgehead atoms. The average Bonchev–Trinajstić information content (AvgIpc) is 2.69. The van der Waals surface area contributed by atoms with E-state index in [0.717, 1.165) is 4.57 Å². The molecule has 0 aliphatic rings. The van der Waals surface area contributed by atoms with Crippen molar-refractivity contribution in [2.24, 2.45) is 0 Å². The van der Waals surface area contributed by atoms with Crippen molar-refractivity contribution in [2.75, 3.05) is 20.8 Å². The molecule has 1 aromatic heterocycles. The third-order valence-corrected chi connectivity index (χ3v) is 5.14. The van der Waals surface area contributed by atoms with E-state index in [-0.39, 0.29) is 25.1 Å². The van der Waals surface area contributed by atoms with Crippen molar-refractivity contribution >= 4 is 34.1 Å². The fourth-order valence-corrected chi connectivity index (χ4v) is 3.55. The fraction of sp³-hybridized carbons (Fsp3) is 0.263. The number of rotatable bonds is 6. The lowest BCUT2D eigenvalue weighted by Gasteiger charge is -2.17. The molecule has 3 rings (SSSR count). The largest absolute Gasteiger partial charge is 0.493 e. The van der Waals surface area contributed by atoms with E-state index in [0.29, 0.717) is 32.6 Å². The molecule has 2 aromatic carbocycles. The van der Waals surface area contributed by atoms with Crippen LogP contribution in [0.3, 0.4) is 0 Å². The molecule has 1 heterocycles. The second-order valence-electron chi connectivity index (χ2n) is 5.97. The van der Waals surface area contributed by atoms with E-state index < -0.39 is 11.2 Å². The first kappa shape index (κ1) is 20.3. The predicted molar refractivity (Wildman–Crippen MR) is 108 cm³/mol. The molecule has 0 unspecified atom stereocenters. The SMILES string of the molecule is COc1cc2c(=O)n(CCO)c(=O)n(Cc3c(Cl)cccc3Cl)c2cc1OC. The van der Waals surface area contributed by atoms with Crippen molar-refractivity contribution in [1.82, 2.24) is 9.13 Å². The maximum Gasteiger partial charge on any atom is 0.331 e. The lowest BCUT2D eigenvalue weighted by atomic mass is 10.1. The summed E-state index contributed by atoms with van der Waals surface area (Å²) in [5, 5.41) is 10.3. The van der Waals surface area contributed by atoms with Gasteiger partial charge >= 0.3 is 5.69 Å². The van der Waals surface area contributed by atoms with Crippen LogP contribution in [0.5, 0.6) is 11.5 Å². The summed E-state index contributed by atoms with van der Waals surface area (Å²) in [4.78, 5) is 25.9. The zero-order chi connectivity index (χ0) is 20.4. The molecule has 0 spiro atoms. The average molecular weight is 425 g/mol. The number of nitrogens with zero attached hydrogens (tertiary/aromatic N) is 2. The molecule has 148 valence electrons. The molecule has 0 amide bonds. The van der Waals surface area contributed by atoms with Gasteiger partial charge < -0.3 is 14.6 Å². The van der Waals surface area contributed by atoms with Gasteiger partial charge in [-0.3, -0.25) is 13.9 Å². The normalized spacial score (nSPS) is 11.0. The number of aromatic nitrogens is 2. The minimum atomic E-state index is -0.588. The number of aliphatic hydroxyl groups excluding tert-OH is 1. The molecule has 0 radical (unpaired) electrons. The van der Waals surface area contributed by atoms with Crippen LogP contribution < -0.4 is 20.7 Å². The number of methoxy groups -OCH3 is 2. The van der Waals surface area contributed by atoms with Gasteiger partial charge in [0.25, 0.3) is 5.56 Å². The number of hydrogen-bond donors (Lipinski definition) is 1. The Morgan fingerprint density at radius 3 is 2.18 bits per heavy atom. The fourth-order valence-electron chi connectivity index (χ4n) is 3.04. The Morgan fingerprint density at radius 2 is 1.61 bits per heavy atom. The Morgan fingerprint density at radius 1 is 1.00 bits per heavy atom. The number of fused-ring (bicyclic) bond motifs is 1. The van der Waals surface area contributed by atoms with Gasteiger partial charge in [-0.1, -0.05) is 29.3 Å². The van der Waals surface area contributed by atoms with Crippen LogP contribution in [0.15, 0.2) is 39.9 Å². The Labute approximate surface area is 170 Å². The number of aliphatic hydroxyl groups is 1. The monoisotopic (exact) mass is 424 g/mol. The molecule has 0 saturated heterocycles. The van der Waals surface area contributed by atoms with E-state index in [1.807, 2.05) is 0 Å². The summed E-state index contributed by atoms with van der Waals surface area (Å²) in [6, 6.07) is 8.11. The molecular weight excluding hydrogens is 407 g/mol. The van der Waals surface area contributed by atoms with Gasteiger partial charge in [-0.25, -0.2) is 4.79 Å². The highest BCUT2D eigenvalue weighted by molar-refractivity contribution is 6.36. The standard InChI is InChI=1S/C19H18Cl2N2O5/c1-27-16-8-11-15(9-17(16)28-2)23(19(26)22(6-7-24)18(11)25)10-12-13(20)4-3-5-14(12)21/h3-5,8-9,24H,6-7,10H2,1-2H3. The maximum atomic E-state index is 13.0. The number of halogens is 2. The Hall–Kier alpha value is -2.48. The van der Waals surface area contributed by atoms with Crippen LogP contribution in [-0.2, 0) is 13.1 Å². The second-order valence-corrected chi connectivity index (χ2v) is 6.79. The summed E-state index contributed by atoms with van der Waals surface area (Å²) < 4.78 is 12.9. The molecule has 0 atom stereocenters. The van der Waals surface area contributed by atoms with Crippen molar-refractivity contribution in [3.8, 4) is 11.5 Å². The first-order chi connectivity index (χ1) is 13.4. The van der Waals surface area contributed by atoms with Crippen molar-refractivity contribution in [2.45, 2.75) is 13.1 Å². The maximum absolute atomic E-state index is 13.0. The first-order valence-electron chi connectivity index (χ1n) is 8.36. The van der Waals surface area contributed by atoms with Crippen LogP contribution in [0.25, 0.3) is 10.9 Å². The Bertz CT molecular complexity index is 1130. The van der Waals surface area contributed by atoms with Crippen molar-refractivity contribution in [3.05, 3.63) is 66.8 Å². The molecule has 0 aliphatic heterocycles. The van der Waals surface area contributed by atoms with Gasteiger partial charge in [0.05, 0.1) is 44.8 Å². The van der Waals surface area contributed by atoms with Gasteiger partial charge in [0.2, 0.25) is 0 Å². The summed E-state index contributed by atoms with van der Waals surface area (Å²) in [5.74, 6) is 0.719. The van der Waals surface area contributed by atoms with Crippen molar-refractivity contribution < 1.29 is 14.6 Å². The van der Waals surface area contributed by atoms with Crippen LogP contribution >= 0.6 is 23.2 Å². The molecule has 0 saturated carbocycles. The second kappa shape index (κ2) is 8.26. The predicted octanol–water partition coefficient (Wildman–Crippen LogP) is 2.53. The smallest absolute Gasteiger partial charge is 0.331 e. The van der Waals surface area contributed by atoms with E-state index in [1.165, 1.54) is 24.9 Å². The van der Waals surface area contributed by atoms with E-state index in [1.54, 1.807) is 24.3 Å². The van der Waals surface area contributed by atoms with E-state index in [4.69, 9.17) is 32.7 Å². The highest BCUT2D eigenvalue weighted by Crippen LogP contribution is 2.31. The van der Waals surface area contributed by atoms with Crippen molar-refractivity contribution in [3.63, 3.8) is 0 Å². The minimum absolute atomic E-state index is 0.0367. The third-order valence-electron chi connectivity index (χ3n) is 4.43. The number of hydrogen-bond acceptors (Lipinski definition) is 5. The molecule has 1 N–H and O–H groups in total. The molecule has 0 aliphatic carbocycles. The lowest BCUT2D eigenvalue weighted by Crippen LogP contribution is -2.41. The molecule has 3 aromatic rings. The van der Waals surface area contributed by atoms with Gasteiger partial charge in [-0.15, -0.1) is 0 Å². The van der Waals surface area contributed by atoms with Gasteiger partial charge in [-0.05, 0) is 18.2 Å². The Balaban J connectivity index is 2.39. The summed E-state index contributed by atoms with van der Waals surface area (Å²) >= 11 is 12.5. The topological polar surface area (TPSA) is 82.7 Å². The van der Waals surface area contributed by atoms with Crippen molar-refractivity contribution in [1.29, 1.82) is 0 Å². The third kappa shape index (κ3) is 3.48. The van der Waals surface area contributed by atoms with Gasteiger partial charge in [0.1, 0.15) is 0 Å². The summed E-state index contributed by atoms with van der Waals surface area (Å²) in [5.41, 5.74) is -0.234. The van der Waals surface area contributed by atoms with Crippen LogP contribution in [0.4, 0.5) is 0 Å². The summed E-state index contributed by atoms with van der Waals surface area (Å²) in [6.07, 6.45) is 0. The minimum Gasteiger partial charge on any atom is -0.493 e. The highest BCUT2D eigenvalue weighted by atomic mass is 35.5. The van der Waals surface area contributed by atoms with Gasteiger partial charge in [0.15, 0.2) is 11.5 Å². The molecule has 9 heteroatoms. The van der Waals surface area contributed by atoms with E-state index in [2.05, 4.69) is 0 Å². The molecular formula is C19H18Cl2N2O5. The molecule has 7 nitrogen and oxygen atoms in total. The first-order valence-corrected chi connectivity index (χ1v) is 9.11. The molecule has 28 heavy (non-hydrogen) atoms. The quantitative estimate of drug-likeness (QED) is 0.657. The summed E-state index contributed by atoms with van der Waals surface area (Å²) in [6.45, 7) is -0.464. The Kier molecular flexibility index (Phi) is 5.98. The number of ether oxygens (including phenoxy) is 2. The van der Waals surface area contributed by atoms with Crippen LogP contribution in [0.2, 0.25) is 10.0 Å². The number of benzene rings is 2. The van der Waals surface area contributed by atoms with Gasteiger partial charge in [0, 0.05) is 21.7 Å². The van der Waals surface area contributed by atoms with E-state index >= 15 is 0 Å². The lowest BCUT2D eigenvalue weighted by molar-refractivity contribution is 0.270. The van der Waals surface area contributed by atoms with Crippen LogP contribution in [0, 0.1) is 0 Å². The molecule has 0 fully saturated rings.